The molecule has 5 nitrogen and oxygen atoms in total. The third-order valence-electron chi connectivity index (χ3n) is 3.78. The van der Waals surface area contributed by atoms with E-state index >= 15 is 0 Å². The first-order chi connectivity index (χ1) is 10.6. The molecule has 1 aromatic carbocycles. The van der Waals surface area contributed by atoms with Crippen molar-refractivity contribution in [2.24, 2.45) is 0 Å². The SMILES string of the molecule is O=C(O)CCCCCCNC(=O)C1(Oc2ccccc2)CC1. The highest BCUT2D eigenvalue weighted by Crippen LogP contribution is 2.40. The maximum atomic E-state index is 12.2. The lowest BCUT2D eigenvalue weighted by molar-refractivity contribution is -0.137. The number of carbonyl (C=O) groups excluding carboxylic acids is 1. The number of unbranched alkanes of at least 4 members (excludes halogenated alkanes) is 3. The summed E-state index contributed by atoms with van der Waals surface area (Å²) in [5, 5.41) is 11.5. The lowest BCUT2D eigenvalue weighted by Crippen LogP contribution is -2.40. The van der Waals surface area contributed by atoms with Crippen LogP contribution in [0.3, 0.4) is 0 Å². The average molecular weight is 305 g/mol. The Bertz CT molecular complexity index is 497. The van der Waals surface area contributed by atoms with Crippen molar-refractivity contribution in [2.45, 2.75) is 50.5 Å². The fraction of sp³-hybridized carbons (Fsp3) is 0.529. The first-order valence-corrected chi connectivity index (χ1v) is 7.87. The molecular formula is C17H23NO4. The van der Waals surface area contributed by atoms with Crippen LogP contribution in [0.5, 0.6) is 5.75 Å². The molecule has 1 aliphatic carbocycles. The van der Waals surface area contributed by atoms with Gasteiger partial charge in [0, 0.05) is 25.8 Å². The van der Waals surface area contributed by atoms with E-state index in [0.29, 0.717) is 13.0 Å². The average Bonchev–Trinajstić information content (AvgIpc) is 3.27. The zero-order chi connectivity index (χ0) is 15.8. The van der Waals surface area contributed by atoms with E-state index in [9.17, 15) is 9.59 Å². The maximum absolute atomic E-state index is 12.2. The van der Waals surface area contributed by atoms with Crippen LogP contribution in [0, 0.1) is 0 Å². The number of rotatable bonds is 10. The van der Waals surface area contributed by atoms with Gasteiger partial charge >= 0.3 is 5.97 Å². The van der Waals surface area contributed by atoms with E-state index in [1.54, 1.807) is 0 Å². The van der Waals surface area contributed by atoms with Crippen molar-refractivity contribution in [3.05, 3.63) is 30.3 Å². The minimum absolute atomic E-state index is 0.0399. The molecule has 0 saturated heterocycles. The Labute approximate surface area is 130 Å². The summed E-state index contributed by atoms with van der Waals surface area (Å²) in [5.74, 6) is -0.0623. The highest BCUT2D eigenvalue weighted by molar-refractivity contribution is 5.88. The molecule has 0 unspecified atom stereocenters. The lowest BCUT2D eigenvalue weighted by Gasteiger charge is -2.17. The maximum Gasteiger partial charge on any atom is 0.303 e. The summed E-state index contributed by atoms with van der Waals surface area (Å²) in [5.41, 5.74) is -0.676. The standard InChI is InChI=1S/C17H23NO4/c19-15(20)10-6-1-2-7-13-18-16(21)17(11-12-17)22-14-8-4-3-5-9-14/h3-5,8-9H,1-2,6-7,10-13H2,(H,18,21)(H,19,20). The van der Waals surface area contributed by atoms with Gasteiger partial charge < -0.3 is 15.2 Å². The smallest absolute Gasteiger partial charge is 0.303 e. The zero-order valence-corrected chi connectivity index (χ0v) is 12.7. The largest absolute Gasteiger partial charge is 0.481 e. The van der Waals surface area contributed by atoms with Crippen molar-refractivity contribution in [2.75, 3.05) is 6.54 Å². The number of para-hydroxylation sites is 1. The van der Waals surface area contributed by atoms with Crippen LogP contribution in [-0.4, -0.2) is 29.1 Å². The van der Waals surface area contributed by atoms with Crippen LogP contribution in [0.2, 0.25) is 0 Å². The van der Waals surface area contributed by atoms with Crippen molar-refractivity contribution >= 4 is 11.9 Å². The summed E-state index contributed by atoms with van der Waals surface area (Å²) in [6.45, 7) is 0.617. The van der Waals surface area contributed by atoms with E-state index in [-0.39, 0.29) is 12.3 Å². The topological polar surface area (TPSA) is 75.6 Å². The molecule has 2 rings (SSSR count). The summed E-state index contributed by atoms with van der Waals surface area (Å²) in [4.78, 5) is 22.6. The van der Waals surface area contributed by atoms with E-state index < -0.39 is 11.6 Å². The second-order valence-electron chi connectivity index (χ2n) is 5.72. The van der Waals surface area contributed by atoms with E-state index in [0.717, 1.165) is 37.9 Å². The van der Waals surface area contributed by atoms with Gasteiger partial charge in [0.15, 0.2) is 5.60 Å². The molecule has 1 fully saturated rings. The molecule has 120 valence electrons. The van der Waals surface area contributed by atoms with E-state index in [1.165, 1.54) is 0 Å². The van der Waals surface area contributed by atoms with Gasteiger partial charge in [-0.25, -0.2) is 0 Å². The number of nitrogens with one attached hydrogen (secondary N) is 1. The number of carbonyl (C=O) groups is 2. The van der Waals surface area contributed by atoms with Crippen LogP contribution < -0.4 is 10.1 Å². The number of carboxylic acids is 1. The fourth-order valence-corrected chi connectivity index (χ4v) is 2.32. The Hall–Kier alpha value is -2.04. The molecule has 1 aromatic rings. The predicted molar refractivity (Wildman–Crippen MR) is 82.8 cm³/mol. The van der Waals surface area contributed by atoms with Gasteiger partial charge in [0.25, 0.3) is 5.91 Å². The minimum atomic E-state index is -0.748. The van der Waals surface area contributed by atoms with Gasteiger partial charge in [-0.1, -0.05) is 31.0 Å². The van der Waals surface area contributed by atoms with E-state index in [1.807, 2.05) is 30.3 Å². The van der Waals surface area contributed by atoms with Gasteiger partial charge in [-0.15, -0.1) is 0 Å². The summed E-state index contributed by atoms with van der Waals surface area (Å²) < 4.78 is 5.82. The Morgan fingerprint density at radius 3 is 2.41 bits per heavy atom. The molecule has 1 saturated carbocycles. The second kappa shape index (κ2) is 7.82. The molecule has 0 heterocycles. The van der Waals surface area contributed by atoms with Gasteiger partial charge in [0.1, 0.15) is 5.75 Å². The number of benzene rings is 1. The minimum Gasteiger partial charge on any atom is -0.481 e. The number of ether oxygens (including phenoxy) is 1. The molecule has 0 atom stereocenters. The summed E-state index contributed by atoms with van der Waals surface area (Å²) in [6.07, 6.45) is 5.12. The highest BCUT2D eigenvalue weighted by atomic mass is 16.5. The Kier molecular flexibility index (Phi) is 5.81. The first kappa shape index (κ1) is 16.3. The Balaban J connectivity index is 1.62. The molecule has 0 aliphatic heterocycles. The third kappa shape index (κ3) is 5.06. The van der Waals surface area contributed by atoms with E-state index in [2.05, 4.69) is 5.32 Å². The molecule has 1 aliphatic rings. The number of hydrogen-bond acceptors (Lipinski definition) is 3. The molecule has 0 radical (unpaired) electrons. The molecule has 0 aromatic heterocycles. The van der Waals surface area contributed by atoms with Crippen LogP contribution in [0.4, 0.5) is 0 Å². The zero-order valence-electron chi connectivity index (χ0n) is 12.7. The second-order valence-corrected chi connectivity index (χ2v) is 5.72. The number of hydrogen-bond donors (Lipinski definition) is 2. The summed E-state index contributed by atoms with van der Waals surface area (Å²) in [7, 11) is 0. The highest BCUT2D eigenvalue weighted by Gasteiger charge is 2.52. The van der Waals surface area contributed by atoms with Crippen molar-refractivity contribution in [3.63, 3.8) is 0 Å². The Morgan fingerprint density at radius 1 is 1.09 bits per heavy atom. The molecule has 0 bridgehead atoms. The van der Waals surface area contributed by atoms with Crippen molar-refractivity contribution in [1.82, 2.24) is 5.32 Å². The van der Waals surface area contributed by atoms with Crippen LogP contribution in [0.1, 0.15) is 44.9 Å². The third-order valence-corrected chi connectivity index (χ3v) is 3.78. The predicted octanol–water partition coefficient (Wildman–Crippen LogP) is 2.75. The number of carboxylic acid groups (broad SMARTS) is 1. The molecule has 1 amide bonds. The quantitative estimate of drug-likeness (QED) is 0.652. The van der Waals surface area contributed by atoms with Gasteiger partial charge in [0.05, 0.1) is 0 Å². The van der Waals surface area contributed by atoms with Gasteiger partial charge in [-0.05, 0) is 25.0 Å². The lowest BCUT2D eigenvalue weighted by atomic mass is 10.1. The monoisotopic (exact) mass is 305 g/mol. The van der Waals surface area contributed by atoms with Crippen molar-refractivity contribution in [3.8, 4) is 5.75 Å². The summed E-state index contributed by atoms with van der Waals surface area (Å²) >= 11 is 0. The number of amides is 1. The van der Waals surface area contributed by atoms with Crippen molar-refractivity contribution in [1.29, 1.82) is 0 Å². The van der Waals surface area contributed by atoms with Crippen LogP contribution >= 0.6 is 0 Å². The molecule has 0 spiro atoms. The summed E-state index contributed by atoms with van der Waals surface area (Å²) in [6, 6.07) is 9.41. The fourth-order valence-electron chi connectivity index (χ4n) is 2.32. The first-order valence-electron chi connectivity index (χ1n) is 7.87. The van der Waals surface area contributed by atoms with Crippen molar-refractivity contribution < 1.29 is 19.4 Å². The Morgan fingerprint density at radius 2 is 1.77 bits per heavy atom. The van der Waals surface area contributed by atoms with Crippen LogP contribution in [-0.2, 0) is 9.59 Å². The molecular weight excluding hydrogens is 282 g/mol. The van der Waals surface area contributed by atoms with Crippen LogP contribution in [0.15, 0.2) is 30.3 Å². The van der Waals surface area contributed by atoms with Gasteiger partial charge in [0.2, 0.25) is 0 Å². The van der Waals surface area contributed by atoms with Gasteiger partial charge in [-0.3, -0.25) is 9.59 Å². The normalized spacial score (nSPS) is 15.1. The molecule has 2 N–H and O–H groups in total. The van der Waals surface area contributed by atoms with Gasteiger partial charge in [-0.2, -0.15) is 0 Å². The number of aliphatic carboxylic acids is 1. The van der Waals surface area contributed by atoms with E-state index in [4.69, 9.17) is 9.84 Å². The molecule has 22 heavy (non-hydrogen) atoms. The van der Waals surface area contributed by atoms with Crippen LogP contribution in [0.25, 0.3) is 0 Å². The molecule has 5 heteroatoms.